The van der Waals surface area contributed by atoms with Crippen molar-refractivity contribution in [2.24, 2.45) is 0 Å². The maximum atomic E-state index is 11.0. The van der Waals surface area contributed by atoms with E-state index in [1.165, 1.54) is 28.6 Å². The number of halogens is 2. The second-order valence-electron chi connectivity index (χ2n) is 4.15. The Labute approximate surface area is 133 Å². The quantitative estimate of drug-likeness (QED) is 0.512. The van der Waals surface area contributed by atoms with Crippen LogP contribution in [0.15, 0.2) is 52.5 Å². The number of nitro groups is 1. The highest BCUT2D eigenvalue weighted by molar-refractivity contribution is 7.99. The molecule has 0 bridgehead atoms. The van der Waals surface area contributed by atoms with Crippen LogP contribution in [-0.4, -0.2) is 14.3 Å². The molecule has 0 aliphatic carbocycles. The summed E-state index contributed by atoms with van der Waals surface area (Å²) in [5, 5.41) is 12.0. The highest BCUT2D eigenvalue weighted by atomic mass is 35.5. The van der Waals surface area contributed by atoms with Gasteiger partial charge in [-0.25, -0.2) is 4.98 Å². The molecule has 0 N–H and O–H groups in total. The first kappa shape index (κ1) is 14.2. The van der Waals surface area contributed by atoms with Gasteiger partial charge in [-0.1, -0.05) is 35.0 Å². The minimum absolute atomic E-state index is 0.120. The summed E-state index contributed by atoms with van der Waals surface area (Å²) in [4.78, 5) is 16.3. The van der Waals surface area contributed by atoms with Gasteiger partial charge in [-0.15, -0.1) is 0 Å². The lowest BCUT2D eigenvalue weighted by atomic mass is 10.4. The maximum Gasteiger partial charge on any atom is 0.347 e. The summed E-state index contributed by atoms with van der Waals surface area (Å²) in [6.07, 6.45) is 2.70. The molecule has 0 saturated carbocycles. The largest absolute Gasteiger partial charge is 0.358 e. The number of pyridine rings is 1. The summed E-state index contributed by atoms with van der Waals surface area (Å²) >= 11 is 13.3. The summed E-state index contributed by atoms with van der Waals surface area (Å²) in [7, 11) is 0. The Bertz CT molecular complexity index is 833. The zero-order chi connectivity index (χ0) is 15.0. The number of nitrogens with zero attached hydrogens (tertiary/aromatic N) is 3. The standard InChI is InChI=1S/C13H7Cl2N3O2S/c14-8-1-3-10(4-2-8)21-11-5-9(15)7-17-12(18(19)20)6-16-13(11)17/h1-7H. The van der Waals surface area contributed by atoms with Crippen LogP contribution >= 0.6 is 35.0 Å². The van der Waals surface area contributed by atoms with Crippen molar-refractivity contribution in [1.82, 2.24) is 9.38 Å². The highest BCUT2D eigenvalue weighted by Crippen LogP contribution is 2.34. The molecule has 3 rings (SSSR count). The van der Waals surface area contributed by atoms with Gasteiger partial charge < -0.3 is 10.1 Å². The highest BCUT2D eigenvalue weighted by Gasteiger charge is 2.18. The van der Waals surface area contributed by atoms with Gasteiger partial charge in [0.1, 0.15) is 12.4 Å². The predicted octanol–water partition coefficient (Wildman–Crippen LogP) is 4.70. The van der Waals surface area contributed by atoms with Gasteiger partial charge in [0.05, 0.1) is 9.92 Å². The molecule has 8 heteroatoms. The van der Waals surface area contributed by atoms with Crippen LogP contribution in [0.5, 0.6) is 0 Å². The van der Waals surface area contributed by atoms with Crippen LogP contribution in [0.3, 0.4) is 0 Å². The van der Waals surface area contributed by atoms with Gasteiger partial charge in [0.15, 0.2) is 0 Å². The van der Waals surface area contributed by atoms with E-state index in [1.807, 2.05) is 12.1 Å². The topological polar surface area (TPSA) is 60.4 Å². The number of fused-ring (bicyclic) bond motifs is 1. The summed E-state index contributed by atoms with van der Waals surface area (Å²) in [6, 6.07) is 9.01. The molecule has 2 heterocycles. The van der Waals surface area contributed by atoms with Crippen molar-refractivity contribution in [3.05, 3.63) is 62.9 Å². The van der Waals surface area contributed by atoms with Crippen molar-refractivity contribution in [2.75, 3.05) is 0 Å². The molecule has 0 aliphatic heterocycles. The smallest absolute Gasteiger partial charge is 0.347 e. The molecule has 0 spiro atoms. The zero-order valence-corrected chi connectivity index (χ0v) is 12.7. The second-order valence-corrected chi connectivity index (χ2v) is 6.13. The Morgan fingerprint density at radius 1 is 1.19 bits per heavy atom. The van der Waals surface area contributed by atoms with Crippen LogP contribution in [0.1, 0.15) is 0 Å². The minimum Gasteiger partial charge on any atom is -0.358 e. The van der Waals surface area contributed by atoms with E-state index in [2.05, 4.69) is 4.98 Å². The second kappa shape index (κ2) is 5.55. The molecule has 0 atom stereocenters. The van der Waals surface area contributed by atoms with Gasteiger partial charge in [-0.3, -0.25) is 0 Å². The van der Waals surface area contributed by atoms with Crippen molar-refractivity contribution in [3.8, 4) is 0 Å². The first-order valence-electron chi connectivity index (χ1n) is 5.79. The van der Waals surface area contributed by atoms with Gasteiger partial charge in [0.25, 0.3) is 0 Å². The third-order valence-corrected chi connectivity index (χ3v) is 4.23. The lowest BCUT2D eigenvalue weighted by Gasteiger charge is -2.03. The number of hydrogen-bond acceptors (Lipinski definition) is 4. The van der Waals surface area contributed by atoms with Crippen LogP contribution in [0.2, 0.25) is 10.0 Å². The normalized spacial score (nSPS) is 11.0. The first-order chi connectivity index (χ1) is 10.0. The Kier molecular flexibility index (Phi) is 3.75. The molecular formula is C13H7Cl2N3O2S. The summed E-state index contributed by atoms with van der Waals surface area (Å²) in [5.41, 5.74) is 0.492. The number of hydrogen-bond donors (Lipinski definition) is 0. The van der Waals surface area contributed by atoms with Gasteiger partial charge in [-0.05, 0) is 35.3 Å². The van der Waals surface area contributed by atoms with Gasteiger partial charge >= 0.3 is 5.82 Å². The molecule has 3 aromatic rings. The third kappa shape index (κ3) is 2.83. The van der Waals surface area contributed by atoms with E-state index in [9.17, 15) is 10.1 Å². The fourth-order valence-electron chi connectivity index (χ4n) is 1.85. The minimum atomic E-state index is -0.493. The number of imidazole rings is 1. The van der Waals surface area contributed by atoms with Gasteiger partial charge in [0, 0.05) is 9.92 Å². The Morgan fingerprint density at radius 3 is 2.57 bits per heavy atom. The third-order valence-electron chi connectivity index (χ3n) is 2.75. The Balaban J connectivity index is 2.09. The van der Waals surface area contributed by atoms with E-state index >= 15 is 0 Å². The van der Waals surface area contributed by atoms with Crippen LogP contribution in [0, 0.1) is 10.1 Å². The summed E-state index contributed by atoms with van der Waals surface area (Å²) < 4.78 is 1.38. The molecule has 21 heavy (non-hydrogen) atoms. The average Bonchev–Trinajstić information content (AvgIpc) is 2.85. The molecule has 106 valence electrons. The maximum absolute atomic E-state index is 11.0. The molecular weight excluding hydrogens is 333 g/mol. The molecule has 0 amide bonds. The van der Waals surface area contributed by atoms with Crippen LogP contribution in [0.4, 0.5) is 5.82 Å². The van der Waals surface area contributed by atoms with Crippen molar-refractivity contribution in [2.45, 2.75) is 9.79 Å². The molecule has 2 aromatic heterocycles. The average molecular weight is 340 g/mol. The van der Waals surface area contributed by atoms with Crippen LogP contribution < -0.4 is 0 Å². The molecule has 0 aliphatic rings. The van der Waals surface area contributed by atoms with Gasteiger partial charge in [-0.2, -0.15) is 4.40 Å². The van der Waals surface area contributed by atoms with E-state index in [1.54, 1.807) is 18.2 Å². The summed E-state index contributed by atoms with van der Waals surface area (Å²) in [5.74, 6) is -0.120. The Hall–Kier alpha value is -1.76. The molecule has 0 radical (unpaired) electrons. The monoisotopic (exact) mass is 339 g/mol. The van der Waals surface area contributed by atoms with Crippen molar-refractivity contribution < 1.29 is 4.92 Å². The fourth-order valence-corrected chi connectivity index (χ4v) is 3.20. The number of rotatable bonds is 3. The van der Waals surface area contributed by atoms with E-state index in [0.29, 0.717) is 15.7 Å². The molecule has 1 aromatic carbocycles. The molecule has 0 fully saturated rings. The fraction of sp³-hybridized carbons (Fsp3) is 0. The van der Waals surface area contributed by atoms with E-state index in [-0.39, 0.29) is 5.82 Å². The van der Waals surface area contributed by atoms with Crippen LogP contribution in [0.25, 0.3) is 5.65 Å². The SMILES string of the molecule is O=[N+]([O-])c1cnc2c(Sc3ccc(Cl)cc3)cc(Cl)cn12. The Morgan fingerprint density at radius 2 is 1.90 bits per heavy atom. The van der Waals surface area contributed by atoms with E-state index in [0.717, 1.165) is 9.79 Å². The summed E-state index contributed by atoms with van der Waals surface area (Å²) in [6.45, 7) is 0. The molecule has 0 unspecified atom stereocenters. The van der Waals surface area contributed by atoms with Crippen molar-refractivity contribution in [1.29, 1.82) is 0 Å². The van der Waals surface area contributed by atoms with Crippen molar-refractivity contribution >= 4 is 46.4 Å². The first-order valence-corrected chi connectivity index (χ1v) is 7.36. The number of benzene rings is 1. The zero-order valence-electron chi connectivity index (χ0n) is 10.4. The van der Waals surface area contributed by atoms with E-state index < -0.39 is 4.92 Å². The lowest BCUT2D eigenvalue weighted by Crippen LogP contribution is -1.94. The van der Waals surface area contributed by atoms with Gasteiger partial charge in [0.2, 0.25) is 5.65 Å². The molecule has 5 nitrogen and oxygen atoms in total. The predicted molar refractivity (Wildman–Crippen MR) is 82.4 cm³/mol. The number of aromatic nitrogens is 2. The van der Waals surface area contributed by atoms with Crippen LogP contribution in [-0.2, 0) is 0 Å². The lowest BCUT2D eigenvalue weighted by molar-refractivity contribution is -0.390. The van der Waals surface area contributed by atoms with E-state index in [4.69, 9.17) is 23.2 Å². The van der Waals surface area contributed by atoms with Crippen molar-refractivity contribution in [3.63, 3.8) is 0 Å². The molecule has 0 saturated heterocycles.